The van der Waals surface area contributed by atoms with Crippen LogP contribution in [-0.4, -0.2) is 5.97 Å². The highest BCUT2D eigenvalue weighted by atomic mass is 16.5. The van der Waals surface area contributed by atoms with Crippen molar-refractivity contribution in [1.82, 2.24) is 0 Å². The Bertz CT molecular complexity index is 616. The molecule has 0 N–H and O–H groups in total. The quantitative estimate of drug-likeness (QED) is 0.201. The first kappa shape index (κ1) is 20.2. The molecule has 0 atom stereocenters. The minimum atomic E-state index is -0.267. The van der Waals surface area contributed by atoms with Crippen LogP contribution >= 0.6 is 0 Å². The topological polar surface area (TPSA) is 26.3 Å². The van der Waals surface area contributed by atoms with Gasteiger partial charge in [0.15, 0.2) is 0 Å². The van der Waals surface area contributed by atoms with Crippen molar-refractivity contribution in [3.63, 3.8) is 0 Å². The average Bonchev–Trinajstić information content (AvgIpc) is 2.70. The van der Waals surface area contributed by atoms with Gasteiger partial charge in [0.2, 0.25) is 0 Å². The lowest BCUT2D eigenvalue weighted by atomic mass is 9.51. The number of unbranched alkanes of at least 4 members (excludes halogenated alkanes) is 3. The van der Waals surface area contributed by atoms with Gasteiger partial charge >= 0.3 is 5.97 Å². The molecule has 0 aromatic heterocycles. The predicted molar refractivity (Wildman–Crippen MR) is 112 cm³/mol. The summed E-state index contributed by atoms with van der Waals surface area (Å²) < 4.78 is 5.46. The third kappa shape index (κ3) is 4.83. The number of esters is 1. The van der Waals surface area contributed by atoms with Gasteiger partial charge in [-0.25, -0.2) is 4.79 Å². The molecule has 0 radical (unpaired) electrons. The third-order valence-corrected chi connectivity index (χ3v) is 7.10. The van der Waals surface area contributed by atoms with Crippen LogP contribution in [0, 0.1) is 5.41 Å². The van der Waals surface area contributed by atoms with Crippen LogP contribution in [0.15, 0.2) is 36.4 Å². The Labute approximate surface area is 165 Å². The van der Waals surface area contributed by atoms with Crippen molar-refractivity contribution in [1.29, 1.82) is 0 Å². The molecule has 4 rings (SSSR count). The average molecular weight is 369 g/mol. The van der Waals surface area contributed by atoms with E-state index in [1.54, 1.807) is 6.08 Å². The van der Waals surface area contributed by atoms with Gasteiger partial charge < -0.3 is 4.74 Å². The SMILES string of the molecule is CCCCCC=CC(=O)Oc1ccc(C23CCC(CCC)(CC2)CC3)cc1. The first-order chi connectivity index (χ1) is 13.1. The van der Waals surface area contributed by atoms with Crippen LogP contribution in [0.3, 0.4) is 0 Å². The van der Waals surface area contributed by atoms with Crippen LogP contribution in [0.2, 0.25) is 0 Å². The minimum absolute atomic E-state index is 0.267. The van der Waals surface area contributed by atoms with Crippen molar-refractivity contribution in [2.45, 2.75) is 96.3 Å². The largest absolute Gasteiger partial charge is 0.423 e. The number of hydrogen-bond donors (Lipinski definition) is 0. The number of ether oxygens (including phenoxy) is 1. The van der Waals surface area contributed by atoms with Crippen LogP contribution in [0.1, 0.15) is 96.5 Å². The first-order valence-corrected chi connectivity index (χ1v) is 11.1. The fraction of sp³-hybridized carbons (Fsp3) is 0.640. The highest BCUT2D eigenvalue weighted by Crippen LogP contribution is 2.59. The van der Waals surface area contributed by atoms with Gasteiger partial charge in [0.25, 0.3) is 0 Å². The van der Waals surface area contributed by atoms with E-state index in [1.165, 1.54) is 69.8 Å². The maximum atomic E-state index is 11.9. The van der Waals surface area contributed by atoms with E-state index in [0.717, 1.165) is 12.8 Å². The lowest BCUT2D eigenvalue weighted by molar-refractivity contribution is -0.129. The summed E-state index contributed by atoms with van der Waals surface area (Å²) in [6.07, 6.45) is 18.9. The highest BCUT2D eigenvalue weighted by Gasteiger charge is 2.48. The number of hydrogen-bond acceptors (Lipinski definition) is 2. The molecule has 1 aromatic rings. The maximum absolute atomic E-state index is 11.9. The van der Waals surface area contributed by atoms with E-state index >= 15 is 0 Å². The molecule has 1 aromatic carbocycles. The van der Waals surface area contributed by atoms with E-state index in [1.807, 2.05) is 18.2 Å². The number of carbonyl (C=O) groups is 1. The number of rotatable bonds is 9. The lowest BCUT2D eigenvalue weighted by Gasteiger charge is -2.54. The molecule has 2 heteroatoms. The van der Waals surface area contributed by atoms with E-state index in [2.05, 4.69) is 26.0 Å². The Morgan fingerprint density at radius 2 is 1.63 bits per heavy atom. The van der Waals surface area contributed by atoms with Gasteiger partial charge in [-0.2, -0.15) is 0 Å². The van der Waals surface area contributed by atoms with Crippen molar-refractivity contribution < 1.29 is 9.53 Å². The van der Waals surface area contributed by atoms with E-state index in [-0.39, 0.29) is 5.97 Å². The molecular weight excluding hydrogens is 332 g/mol. The number of allylic oxidation sites excluding steroid dienone is 1. The summed E-state index contributed by atoms with van der Waals surface area (Å²) >= 11 is 0. The fourth-order valence-electron chi connectivity index (χ4n) is 5.32. The third-order valence-electron chi connectivity index (χ3n) is 7.10. The molecule has 0 unspecified atom stereocenters. The van der Waals surface area contributed by atoms with Crippen molar-refractivity contribution >= 4 is 5.97 Å². The Kier molecular flexibility index (Phi) is 6.78. The summed E-state index contributed by atoms with van der Waals surface area (Å²) in [5.41, 5.74) is 2.47. The molecule has 2 bridgehead atoms. The van der Waals surface area contributed by atoms with Crippen molar-refractivity contribution in [3.05, 3.63) is 42.0 Å². The van der Waals surface area contributed by atoms with E-state index in [9.17, 15) is 4.79 Å². The van der Waals surface area contributed by atoms with Gasteiger partial charge in [-0.3, -0.25) is 0 Å². The fourth-order valence-corrected chi connectivity index (χ4v) is 5.32. The van der Waals surface area contributed by atoms with Crippen LogP contribution in [0.4, 0.5) is 0 Å². The molecule has 0 amide bonds. The first-order valence-electron chi connectivity index (χ1n) is 11.1. The highest BCUT2D eigenvalue weighted by molar-refractivity contribution is 5.83. The molecule has 0 aliphatic heterocycles. The van der Waals surface area contributed by atoms with E-state index < -0.39 is 0 Å². The van der Waals surface area contributed by atoms with Gasteiger partial charge in [-0.05, 0) is 86.3 Å². The minimum Gasteiger partial charge on any atom is -0.423 e. The second kappa shape index (κ2) is 9.08. The molecule has 148 valence electrons. The standard InChI is InChI=1S/C25H36O2/c1-3-5-6-7-8-9-23(26)27-22-12-10-21(11-13-22)25-18-15-24(14-4-2,16-19-25)17-20-25/h8-13H,3-7,14-20H2,1-2H3. The molecule has 3 aliphatic rings. The summed E-state index contributed by atoms with van der Waals surface area (Å²) in [7, 11) is 0. The van der Waals surface area contributed by atoms with Crippen LogP contribution in [-0.2, 0) is 10.2 Å². The number of fused-ring (bicyclic) bond motifs is 3. The van der Waals surface area contributed by atoms with Crippen LogP contribution in [0.5, 0.6) is 5.75 Å². The Balaban J connectivity index is 1.54. The summed E-state index contributed by atoms with van der Waals surface area (Å²) in [5, 5.41) is 0. The molecule has 0 spiro atoms. The summed E-state index contributed by atoms with van der Waals surface area (Å²) in [6.45, 7) is 4.51. The van der Waals surface area contributed by atoms with E-state index in [4.69, 9.17) is 4.74 Å². The summed E-state index contributed by atoms with van der Waals surface area (Å²) in [4.78, 5) is 11.9. The maximum Gasteiger partial charge on any atom is 0.335 e. The zero-order valence-corrected chi connectivity index (χ0v) is 17.3. The Morgan fingerprint density at radius 3 is 2.22 bits per heavy atom. The molecular formula is C25H36O2. The van der Waals surface area contributed by atoms with Gasteiger partial charge in [0.05, 0.1) is 0 Å². The van der Waals surface area contributed by atoms with Gasteiger partial charge in [-0.15, -0.1) is 0 Å². The smallest absolute Gasteiger partial charge is 0.335 e. The molecule has 2 nitrogen and oxygen atoms in total. The van der Waals surface area contributed by atoms with Crippen LogP contribution in [0.25, 0.3) is 0 Å². The monoisotopic (exact) mass is 368 g/mol. The predicted octanol–water partition coefficient (Wildman–Crippen LogP) is 7.12. The molecule has 3 aliphatic carbocycles. The zero-order chi connectivity index (χ0) is 19.2. The normalized spacial score (nSPS) is 27.2. The van der Waals surface area contributed by atoms with Gasteiger partial charge in [0.1, 0.15) is 5.75 Å². The number of benzene rings is 1. The zero-order valence-electron chi connectivity index (χ0n) is 17.3. The summed E-state index contributed by atoms with van der Waals surface area (Å²) in [5.74, 6) is 0.391. The van der Waals surface area contributed by atoms with Gasteiger partial charge in [-0.1, -0.05) is 51.3 Å². The molecule has 3 fully saturated rings. The Morgan fingerprint density at radius 1 is 0.963 bits per heavy atom. The van der Waals surface area contributed by atoms with E-state index in [0.29, 0.717) is 16.6 Å². The molecule has 0 heterocycles. The summed E-state index contributed by atoms with van der Waals surface area (Å²) in [6, 6.07) is 8.36. The van der Waals surface area contributed by atoms with Crippen LogP contribution < -0.4 is 4.74 Å². The molecule has 3 saturated carbocycles. The second-order valence-corrected chi connectivity index (χ2v) is 8.87. The lowest BCUT2D eigenvalue weighted by Crippen LogP contribution is -2.44. The Hall–Kier alpha value is -1.57. The molecule has 0 saturated heterocycles. The second-order valence-electron chi connectivity index (χ2n) is 8.87. The van der Waals surface area contributed by atoms with Crippen molar-refractivity contribution in [3.8, 4) is 5.75 Å². The van der Waals surface area contributed by atoms with Crippen molar-refractivity contribution in [2.24, 2.45) is 5.41 Å². The van der Waals surface area contributed by atoms with Crippen molar-refractivity contribution in [2.75, 3.05) is 0 Å². The molecule has 27 heavy (non-hydrogen) atoms. The number of carbonyl (C=O) groups excluding carboxylic acids is 1. The van der Waals surface area contributed by atoms with Gasteiger partial charge in [0, 0.05) is 6.08 Å².